The molecule has 0 aliphatic carbocycles. The molecule has 0 amide bonds. The third kappa shape index (κ3) is 8.01. The number of nitrogens with zero attached hydrogens (tertiary/aromatic N) is 2. The van der Waals surface area contributed by atoms with Crippen molar-refractivity contribution in [3.05, 3.63) is 11.6 Å². The Kier molecular flexibility index (Phi) is 10.2. The Balaban J connectivity index is 0.000000364. The van der Waals surface area contributed by atoms with Crippen molar-refractivity contribution in [2.24, 2.45) is 17.8 Å². The maximum Gasteiger partial charge on any atom is 0.0163 e. The van der Waals surface area contributed by atoms with E-state index in [0.717, 1.165) is 24.3 Å². The zero-order chi connectivity index (χ0) is 15.1. The number of hydrogen-bond donors (Lipinski definition) is 0. The maximum absolute atomic E-state index is 2.43. The van der Waals surface area contributed by atoms with E-state index in [1.807, 2.05) is 0 Å². The lowest BCUT2D eigenvalue weighted by molar-refractivity contribution is 0.185. The molecule has 0 N–H and O–H groups in total. The Morgan fingerprint density at radius 3 is 1.90 bits per heavy atom. The molecule has 126 valence electrons. The standard InChI is InChI=1S/C9H19N.C9H17N.CH4/c2*1-8(2)9-4-6-10(3)7-5-9;/h8-9H,4-7H2,1-3H3;4,8H,5-7H2,1-3H3;1H4. The smallest absolute Gasteiger partial charge is 0.0163 e. The normalized spacial score (nSPS) is 21.6. The summed E-state index contributed by atoms with van der Waals surface area (Å²) in [5.41, 5.74) is 1.64. The Morgan fingerprint density at radius 1 is 0.952 bits per heavy atom. The molecule has 1 fully saturated rings. The Hall–Kier alpha value is -0.340. The third-order valence-electron chi connectivity index (χ3n) is 4.89. The average Bonchev–Trinajstić information content (AvgIpc) is 2.40. The predicted molar refractivity (Wildman–Crippen MR) is 96.8 cm³/mol. The lowest BCUT2D eigenvalue weighted by Crippen LogP contribution is -2.32. The molecule has 0 atom stereocenters. The molecule has 2 aliphatic heterocycles. The summed E-state index contributed by atoms with van der Waals surface area (Å²) in [6, 6.07) is 0. The summed E-state index contributed by atoms with van der Waals surface area (Å²) in [5, 5.41) is 0. The topological polar surface area (TPSA) is 6.48 Å². The van der Waals surface area contributed by atoms with Gasteiger partial charge in [-0.2, -0.15) is 0 Å². The number of rotatable bonds is 2. The Bertz CT molecular complexity index is 286. The fourth-order valence-corrected chi connectivity index (χ4v) is 3.01. The molecular weight excluding hydrogens is 256 g/mol. The molecule has 2 heteroatoms. The van der Waals surface area contributed by atoms with Crippen LogP contribution in [-0.2, 0) is 0 Å². The van der Waals surface area contributed by atoms with E-state index < -0.39 is 0 Å². The highest BCUT2D eigenvalue weighted by Crippen LogP contribution is 2.23. The fourth-order valence-electron chi connectivity index (χ4n) is 3.01. The van der Waals surface area contributed by atoms with Gasteiger partial charge >= 0.3 is 0 Å². The van der Waals surface area contributed by atoms with Crippen molar-refractivity contribution in [1.29, 1.82) is 0 Å². The van der Waals surface area contributed by atoms with Crippen molar-refractivity contribution in [2.75, 3.05) is 40.3 Å². The van der Waals surface area contributed by atoms with Crippen molar-refractivity contribution in [1.82, 2.24) is 9.80 Å². The number of piperidine rings is 1. The first-order valence-corrected chi connectivity index (χ1v) is 8.46. The molecule has 2 nitrogen and oxygen atoms in total. The van der Waals surface area contributed by atoms with Crippen LogP contribution in [0.4, 0.5) is 0 Å². The minimum absolute atomic E-state index is 0. The van der Waals surface area contributed by atoms with Gasteiger partial charge in [0.25, 0.3) is 0 Å². The number of likely N-dealkylation sites (N-methyl/N-ethyl adjacent to an activating group) is 1. The summed E-state index contributed by atoms with van der Waals surface area (Å²) in [4.78, 5) is 4.78. The lowest BCUT2D eigenvalue weighted by atomic mass is 9.87. The van der Waals surface area contributed by atoms with Crippen LogP contribution < -0.4 is 0 Å². The van der Waals surface area contributed by atoms with Gasteiger partial charge in [0.2, 0.25) is 0 Å². The van der Waals surface area contributed by atoms with Gasteiger partial charge in [0.15, 0.2) is 0 Å². The van der Waals surface area contributed by atoms with Crippen LogP contribution in [0.15, 0.2) is 11.6 Å². The fraction of sp³-hybridized carbons (Fsp3) is 0.895. The van der Waals surface area contributed by atoms with Crippen molar-refractivity contribution in [3.63, 3.8) is 0 Å². The van der Waals surface area contributed by atoms with E-state index in [0.29, 0.717) is 0 Å². The Labute approximate surface area is 134 Å². The van der Waals surface area contributed by atoms with E-state index in [9.17, 15) is 0 Å². The highest BCUT2D eigenvalue weighted by molar-refractivity contribution is 5.08. The molecule has 0 radical (unpaired) electrons. The van der Waals surface area contributed by atoms with Gasteiger partial charge in [-0.25, -0.2) is 0 Å². The van der Waals surface area contributed by atoms with Crippen molar-refractivity contribution >= 4 is 0 Å². The van der Waals surface area contributed by atoms with Gasteiger partial charge in [0, 0.05) is 13.1 Å². The monoisotopic (exact) mass is 296 g/mol. The molecule has 0 spiro atoms. The Morgan fingerprint density at radius 2 is 1.52 bits per heavy atom. The van der Waals surface area contributed by atoms with Gasteiger partial charge in [0.05, 0.1) is 0 Å². The van der Waals surface area contributed by atoms with Gasteiger partial charge in [0.1, 0.15) is 0 Å². The minimum atomic E-state index is 0. The molecule has 0 aromatic heterocycles. The summed E-state index contributed by atoms with van der Waals surface area (Å²) in [6.07, 6.45) is 6.46. The predicted octanol–water partition coefficient (Wildman–Crippen LogP) is 4.52. The molecule has 2 rings (SSSR count). The number of hydrogen-bond acceptors (Lipinski definition) is 2. The molecular formula is C19H40N2. The molecule has 0 aromatic rings. The van der Waals surface area contributed by atoms with E-state index in [2.05, 4.69) is 57.7 Å². The molecule has 2 aliphatic rings. The van der Waals surface area contributed by atoms with Crippen molar-refractivity contribution in [2.45, 2.75) is 54.4 Å². The largest absolute Gasteiger partial charge is 0.306 e. The zero-order valence-electron chi connectivity index (χ0n) is 14.7. The van der Waals surface area contributed by atoms with Crippen molar-refractivity contribution in [3.8, 4) is 0 Å². The first-order valence-electron chi connectivity index (χ1n) is 8.46. The first-order chi connectivity index (χ1) is 9.40. The lowest BCUT2D eigenvalue weighted by Gasteiger charge is -2.31. The summed E-state index contributed by atoms with van der Waals surface area (Å²) in [6.45, 7) is 14.2. The maximum atomic E-state index is 2.43. The second-order valence-electron chi connectivity index (χ2n) is 7.33. The second kappa shape index (κ2) is 10.4. The van der Waals surface area contributed by atoms with Crippen LogP contribution in [0.25, 0.3) is 0 Å². The molecule has 21 heavy (non-hydrogen) atoms. The molecule has 1 saturated heterocycles. The van der Waals surface area contributed by atoms with E-state index in [-0.39, 0.29) is 7.43 Å². The first kappa shape index (κ1) is 20.7. The molecule has 0 saturated carbocycles. The van der Waals surface area contributed by atoms with E-state index in [1.54, 1.807) is 5.57 Å². The van der Waals surface area contributed by atoms with Crippen LogP contribution >= 0.6 is 0 Å². The van der Waals surface area contributed by atoms with Crippen LogP contribution in [0.5, 0.6) is 0 Å². The molecule has 0 aromatic carbocycles. The van der Waals surface area contributed by atoms with Crippen LogP contribution in [0.1, 0.15) is 54.4 Å². The summed E-state index contributed by atoms with van der Waals surface area (Å²) in [7, 11) is 4.39. The molecule has 2 heterocycles. The highest BCUT2D eigenvalue weighted by Gasteiger charge is 2.18. The molecule has 0 bridgehead atoms. The van der Waals surface area contributed by atoms with Gasteiger partial charge < -0.3 is 9.80 Å². The van der Waals surface area contributed by atoms with Gasteiger partial charge in [-0.15, -0.1) is 0 Å². The second-order valence-corrected chi connectivity index (χ2v) is 7.33. The average molecular weight is 297 g/mol. The van der Waals surface area contributed by atoms with E-state index >= 15 is 0 Å². The van der Waals surface area contributed by atoms with E-state index in [4.69, 9.17) is 0 Å². The van der Waals surface area contributed by atoms with Crippen LogP contribution in [0, 0.1) is 17.8 Å². The van der Waals surface area contributed by atoms with Crippen molar-refractivity contribution < 1.29 is 0 Å². The van der Waals surface area contributed by atoms with Gasteiger partial charge in [-0.3, -0.25) is 0 Å². The quantitative estimate of drug-likeness (QED) is 0.691. The molecule has 0 unspecified atom stereocenters. The van der Waals surface area contributed by atoms with Gasteiger partial charge in [-0.05, 0) is 64.2 Å². The zero-order valence-corrected chi connectivity index (χ0v) is 14.7. The summed E-state index contributed by atoms with van der Waals surface area (Å²) in [5.74, 6) is 2.65. The van der Waals surface area contributed by atoms with Crippen LogP contribution in [0.2, 0.25) is 0 Å². The van der Waals surface area contributed by atoms with Crippen LogP contribution in [0.3, 0.4) is 0 Å². The minimum Gasteiger partial charge on any atom is -0.306 e. The SMILES string of the molecule is C.CC(C)C1=CCN(C)CC1.CC(C)C1CCN(C)CC1. The summed E-state index contributed by atoms with van der Waals surface area (Å²) >= 11 is 0. The summed E-state index contributed by atoms with van der Waals surface area (Å²) < 4.78 is 0. The van der Waals surface area contributed by atoms with E-state index in [1.165, 1.54) is 38.9 Å². The number of likely N-dealkylation sites (tertiary alicyclic amines) is 1. The third-order valence-corrected chi connectivity index (χ3v) is 4.89. The van der Waals surface area contributed by atoms with Gasteiger partial charge in [-0.1, -0.05) is 46.8 Å². The highest BCUT2D eigenvalue weighted by atomic mass is 15.1. The van der Waals surface area contributed by atoms with Crippen LogP contribution in [-0.4, -0.2) is 50.1 Å².